The number of aromatic nitrogens is 3. The molecule has 4 N–H and O–H groups in total. The highest BCUT2D eigenvalue weighted by Gasteiger charge is 2.18. The average Bonchev–Trinajstić information content (AvgIpc) is 2.91. The Morgan fingerprint density at radius 2 is 2.21 bits per heavy atom. The minimum atomic E-state index is -0.479. The first-order valence-corrected chi connectivity index (χ1v) is 5.54. The second-order valence-electron chi connectivity index (χ2n) is 3.70. The van der Waals surface area contributed by atoms with Gasteiger partial charge in [0.25, 0.3) is 0 Å². The van der Waals surface area contributed by atoms with Crippen LogP contribution < -0.4 is 16.6 Å². The summed E-state index contributed by atoms with van der Waals surface area (Å²) in [6, 6.07) is 4.85. The molecule has 1 aromatic carbocycles. The van der Waals surface area contributed by atoms with Gasteiger partial charge < -0.3 is 10.7 Å². The molecular weight excluding hydrogens is 250 g/mol. The summed E-state index contributed by atoms with van der Waals surface area (Å²) in [5.41, 5.74) is 2.90. The summed E-state index contributed by atoms with van der Waals surface area (Å²) in [4.78, 5) is 10.6. The van der Waals surface area contributed by atoms with Crippen molar-refractivity contribution in [2.24, 2.45) is 5.84 Å². The third-order valence-electron chi connectivity index (χ3n) is 2.50. The van der Waals surface area contributed by atoms with Crippen LogP contribution in [-0.2, 0) is 6.54 Å². The van der Waals surface area contributed by atoms with Crippen molar-refractivity contribution in [3.05, 3.63) is 40.7 Å². The van der Waals surface area contributed by atoms with Gasteiger partial charge in [-0.25, -0.2) is 0 Å². The van der Waals surface area contributed by atoms with E-state index in [9.17, 15) is 10.1 Å². The van der Waals surface area contributed by atoms with E-state index in [0.29, 0.717) is 18.8 Å². The van der Waals surface area contributed by atoms with Gasteiger partial charge in [-0.05, 0) is 12.1 Å². The Bertz CT molecular complexity index is 555. The molecule has 0 saturated carbocycles. The molecule has 0 aliphatic heterocycles. The summed E-state index contributed by atoms with van der Waals surface area (Å²) in [6.07, 6.45) is 3.29. The van der Waals surface area contributed by atoms with Gasteiger partial charge in [-0.15, -0.1) is 5.10 Å². The predicted octanol–water partition coefficient (Wildman–Crippen LogP) is 0.584. The van der Waals surface area contributed by atoms with Crippen molar-refractivity contribution in [1.29, 1.82) is 0 Å². The van der Waals surface area contributed by atoms with Crippen LogP contribution in [0.3, 0.4) is 0 Å². The molecule has 0 atom stereocenters. The Kier molecular flexibility index (Phi) is 3.88. The highest BCUT2D eigenvalue weighted by Crippen LogP contribution is 2.31. The Morgan fingerprint density at radius 3 is 2.84 bits per heavy atom. The summed E-state index contributed by atoms with van der Waals surface area (Å²) >= 11 is 0. The zero-order valence-electron chi connectivity index (χ0n) is 9.98. The standard InChI is InChI=1S/C10H13N7O2/c11-14-9-3-1-2-8(10(9)17(18)19)12-4-6-16-7-5-13-15-16/h1-3,5,7,12,14H,4,6,11H2. The molecule has 9 nitrogen and oxygen atoms in total. The number of nitrogens with two attached hydrogens (primary N) is 1. The lowest BCUT2D eigenvalue weighted by Crippen LogP contribution is -2.14. The van der Waals surface area contributed by atoms with Crippen molar-refractivity contribution < 1.29 is 4.92 Å². The van der Waals surface area contributed by atoms with E-state index >= 15 is 0 Å². The monoisotopic (exact) mass is 263 g/mol. The van der Waals surface area contributed by atoms with Gasteiger partial charge >= 0.3 is 5.69 Å². The van der Waals surface area contributed by atoms with Crippen molar-refractivity contribution in [2.45, 2.75) is 6.54 Å². The predicted molar refractivity (Wildman–Crippen MR) is 69.4 cm³/mol. The van der Waals surface area contributed by atoms with E-state index in [0.717, 1.165) is 0 Å². The number of nitro groups is 1. The van der Waals surface area contributed by atoms with Crippen LogP contribution in [0.4, 0.5) is 17.1 Å². The van der Waals surface area contributed by atoms with Gasteiger partial charge in [-0.2, -0.15) is 0 Å². The lowest BCUT2D eigenvalue weighted by molar-refractivity contribution is -0.383. The summed E-state index contributed by atoms with van der Waals surface area (Å²) in [7, 11) is 0. The summed E-state index contributed by atoms with van der Waals surface area (Å²) in [5.74, 6) is 5.26. The van der Waals surface area contributed by atoms with Gasteiger partial charge in [0.15, 0.2) is 0 Å². The molecule has 0 amide bonds. The first-order chi connectivity index (χ1) is 9.22. The molecule has 19 heavy (non-hydrogen) atoms. The zero-order chi connectivity index (χ0) is 13.7. The number of nitrogen functional groups attached to an aromatic ring is 1. The van der Waals surface area contributed by atoms with Gasteiger partial charge in [0.1, 0.15) is 11.4 Å². The Morgan fingerprint density at radius 1 is 1.42 bits per heavy atom. The highest BCUT2D eigenvalue weighted by atomic mass is 16.6. The lowest BCUT2D eigenvalue weighted by Gasteiger charge is -2.09. The molecule has 2 aromatic rings. The molecule has 0 unspecified atom stereocenters. The maximum atomic E-state index is 11.0. The molecule has 0 saturated heterocycles. The summed E-state index contributed by atoms with van der Waals surface area (Å²) in [5, 5.41) is 21.5. The van der Waals surface area contributed by atoms with Crippen LogP contribution in [0.25, 0.3) is 0 Å². The van der Waals surface area contributed by atoms with Gasteiger partial charge in [0.05, 0.1) is 17.7 Å². The van der Waals surface area contributed by atoms with Crippen LogP contribution in [0.2, 0.25) is 0 Å². The number of para-hydroxylation sites is 1. The van der Waals surface area contributed by atoms with Crippen molar-refractivity contribution >= 4 is 17.1 Å². The molecule has 1 heterocycles. The fourth-order valence-electron chi connectivity index (χ4n) is 1.66. The molecule has 1 aromatic heterocycles. The van der Waals surface area contributed by atoms with Crippen molar-refractivity contribution in [1.82, 2.24) is 15.0 Å². The van der Waals surface area contributed by atoms with Gasteiger partial charge in [0.2, 0.25) is 0 Å². The number of hydrogen-bond donors (Lipinski definition) is 3. The number of hydrazine groups is 1. The maximum Gasteiger partial charge on any atom is 0.316 e. The molecule has 0 spiro atoms. The van der Waals surface area contributed by atoms with E-state index in [1.165, 1.54) is 0 Å². The fraction of sp³-hybridized carbons (Fsp3) is 0.200. The highest BCUT2D eigenvalue weighted by molar-refractivity contribution is 5.75. The normalized spacial score (nSPS) is 10.2. The van der Waals surface area contributed by atoms with Crippen molar-refractivity contribution in [3.63, 3.8) is 0 Å². The van der Waals surface area contributed by atoms with Gasteiger partial charge in [-0.1, -0.05) is 11.3 Å². The van der Waals surface area contributed by atoms with Crippen molar-refractivity contribution in [3.8, 4) is 0 Å². The molecule has 0 aliphatic carbocycles. The molecule has 2 rings (SSSR count). The van der Waals surface area contributed by atoms with Crippen LogP contribution in [-0.4, -0.2) is 26.5 Å². The molecule has 100 valence electrons. The number of hydrogen-bond acceptors (Lipinski definition) is 7. The zero-order valence-corrected chi connectivity index (χ0v) is 9.98. The third kappa shape index (κ3) is 2.96. The second-order valence-corrected chi connectivity index (χ2v) is 3.70. The van der Waals surface area contributed by atoms with Crippen LogP contribution in [0.15, 0.2) is 30.6 Å². The van der Waals surface area contributed by atoms with E-state index in [1.807, 2.05) is 0 Å². The molecule has 0 radical (unpaired) electrons. The second kappa shape index (κ2) is 5.78. The van der Waals surface area contributed by atoms with E-state index < -0.39 is 4.92 Å². The van der Waals surface area contributed by atoms with E-state index in [4.69, 9.17) is 5.84 Å². The Labute approximate surface area is 108 Å². The van der Waals surface area contributed by atoms with E-state index in [2.05, 4.69) is 21.1 Å². The van der Waals surface area contributed by atoms with Crippen molar-refractivity contribution in [2.75, 3.05) is 17.3 Å². The minimum Gasteiger partial charge on any atom is -0.378 e. The fourth-order valence-corrected chi connectivity index (χ4v) is 1.66. The van der Waals surface area contributed by atoms with Crippen LogP contribution in [0, 0.1) is 10.1 Å². The molecule has 0 bridgehead atoms. The van der Waals surface area contributed by atoms with Gasteiger partial charge in [0, 0.05) is 12.7 Å². The first-order valence-electron chi connectivity index (χ1n) is 5.54. The smallest absolute Gasteiger partial charge is 0.316 e. The number of benzene rings is 1. The first kappa shape index (κ1) is 12.8. The number of anilines is 2. The maximum absolute atomic E-state index is 11.0. The third-order valence-corrected chi connectivity index (χ3v) is 2.50. The number of rotatable bonds is 6. The topological polar surface area (TPSA) is 124 Å². The van der Waals surface area contributed by atoms with Crippen LogP contribution >= 0.6 is 0 Å². The SMILES string of the molecule is NNc1cccc(NCCn2ccnn2)c1[N+](=O)[O-]. The summed E-state index contributed by atoms with van der Waals surface area (Å²) < 4.78 is 1.63. The Hall–Kier alpha value is -2.68. The Balaban J connectivity index is 2.09. The molecule has 9 heteroatoms. The lowest BCUT2D eigenvalue weighted by atomic mass is 10.2. The number of nitrogens with one attached hydrogen (secondary N) is 2. The summed E-state index contributed by atoms with van der Waals surface area (Å²) in [6.45, 7) is 1.04. The number of nitrogens with zero attached hydrogens (tertiary/aromatic N) is 4. The van der Waals surface area contributed by atoms with E-state index in [-0.39, 0.29) is 11.4 Å². The molecular formula is C10H13N7O2. The molecule has 0 aliphatic rings. The quantitative estimate of drug-likeness (QED) is 0.395. The minimum absolute atomic E-state index is 0.0800. The largest absolute Gasteiger partial charge is 0.378 e. The average molecular weight is 263 g/mol. The van der Waals surface area contributed by atoms with Crippen LogP contribution in [0.5, 0.6) is 0 Å². The van der Waals surface area contributed by atoms with Crippen LogP contribution in [0.1, 0.15) is 0 Å². The van der Waals surface area contributed by atoms with E-state index in [1.54, 1.807) is 35.3 Å². The number of nitro benzene ring substituents is 1. The molecule has 0 fully saturated rings. The van der Waals surface area contributed by atoms with Gasteiger partial charge in [-0.3, -0.25) is 20.6 Å².